The van der Waals surface area contributed by atoms with E-state index in [4.69, 9.17) is 14.2 Å². The van der Waals surface area contributed by atoms with Gasteiger partial charge in [0.25, 0.3) is 5.88 Å². The third-order valence-electron chi connectivity index (χ3n) is 4.75. The molecule has 2 heterocycles. The van der Waals surface area contributed by atoms with Crippen molar-refractivity contribution in [1.82, 2.24) is 19.9 Å². The summed E-state index contributed by atoms with van der Waals surface area (Å²) < 4.78 is 43.0. The Morgan fingerprint density at radius 3 is 2.17 bits per heavy atom. The van der Waals surface area contributed by atoms with E-state index in [1.54, 1.807) is 42.5 Å². The molecule has 0 N–H and O–H groups in total. The maximum absolute atomic E-state index is 13.0. The molecule has 178 valence electrons. The van der Waals surface area contributed by atoms with Crippen LogP contribution >= 0.6 is 0 Å². The predicted octanol–water partition coefficient (Wildman–Crippen LogP) is 4.33. The van der Waals surface area contributed by atoms with Crippen LogP contribution in [0.4, 0.5) is 0 Å². The molecule has 10 heteroatoms. The second-order valence-electron chi connectivity index (χ2n) is 7.18. The van der Waals surface area contributed by atoms with Crippen LogP contribution in [-0.2, 0) is 15.6 Å². The Morgan fingerprint density at radius 1 is 0.800 bits per heavy atom. The zero-order valence-electron chi connectivity index (χ0n) is 19.0. The Balaban J connectivity index is 1.79. The first-order chi connectivity index (χ1) is 17.0. The number of methoxy groups -OCH3 is 2. The van der Waals surface area contributed by atoms with Gasteiger partial charge in [-0.15, -0.1) is 0 Å². The van der Waals surface area contributed by atoms with Crippen molar-refractivity contribution in [2.75, 3.05) is 14.2 Å². The molecule has 35 heavy (non-hydrogen) atoms. The number of hydrogen-bond acceptors (Lipinski definition) is 9. The van der Waals surface area contributed by atoms with Gasteiger partial charge in [-0.1, -0.05) is 42.5 Å². The molecule has 2 aromatic heterocycles. The second-order valence-corrected chi connectivity index (χ2v) is 9.06. The fourth-order valence-corrected chi connectivity index (χ4v) is 4.16. The predicted molar refractivity (Wildman–Crippen MR) is 131 cm³/mol. The minimum atomic E-state index is -3.77. The van der Waals surface area contributed by atoms with E-state index in [-0.39, 0.29) is 29.0 Å². The maximum atomic E-state index is 13.0. The van der Waals surface area contributed by atoms with Gasteiger partial charge in [-0.25, -0.2) is 23.4 Å². The number of rotatable bonds is 9. The highest BCUT2D eigenvalue weighted by atomic mass is 32.2. The molecule has 0 saturated heterocycles. The van der Waals surface area contributed by atoms with Crippen LogP contribution in [0.1, 0.15) is 11.3 Å². The smallest absolute Gasteiger partial charge is 0.261 e. The summed E-state index contributed by atoms with van der Waals surface area (Å²) in [4.78, 5) is 17.1. The highest BCUT2D eigenvalue weighted by Crippen LogP contribution is 2.38. The van der Waals surface area contributed by atoms with Crippen molar-refractivity contribution in [2.45, 2.75) is 5.75 Å². The minimum Gasteiger partial charge on any atom is -0.493 e. The van der Waals surface area contributed by atoms with Gasteiger partial charge in [0.15, 0.2) is 27.2 Å². The number of benzene rings is 2. The maximum Gasteiger partial charge on any atom is 0.261 e. The molecule has 0 saturated carbocycles. The molecule has 9 nitrogen and oxygen atoms in total. The van der Waals surface area contributed by atoms with Crippen LogP contribution in [0, 0.1) is 0 Å². The molecule has 0 fully saturated rings. The minimum absolute atomic E-state index is 0.0330. The molecule has 0 aliphatic heterocycles. The summed E-state index contributed by atoms with van der Waals surface area (Å²) in [5.74, 6) is 0.723. The van der Waals surface area contributed by atoms with E-state index in [1.807, 2.05) is 18.2 Å². The van der Waals surface area contributed by atoms with Crippen molar-refractivity contribution in [3.8, 4) is 34.8 Å². The van der Waals surface area contributed by atoms with E-state index in [9.17, 15) is 8.42 Å². The molecule has 0 amide bonds. The fourth-order valence-electron chi connectivity index (χ4n) is 3.13. The average Bonchev–Trinajstić information content (AvgIpc) is 2.89. The summed E-state index contributed by atoms with van der Waals surface area (Å²) in [7, 11) is -0.857. The topological polar surface area (TPSA) is 113 Å². The van der Waals surface area contributed by atoms with E-state index in [1.165, 1.54) is 32.7 Å². The van der Waals surface area contributed by atoms with Crippen LogP contribution in [0.15, 0.2) is 78.5 Å². The summed E-state index contributed by atoms with van der Waals surface area (Å²) >= 11 is 0. The molecule has 0 atom stereocenters. The monoisotopic (exact) mass is 490 g/mol. The summed E-state index contributed by atoms with van der Waals surface area (Å²) in [6.07, 6.45) is 4.60. The van der Waals surface area contributed by atoms with Crippen LogP contribution in [0.25, 0.3) is 17.7 Å². The summed E-state index contributed by atoms with van der Waals surface area (Å²) in [6, 6.07) is 17.7. The van der Waals surface area contributed by atoms with E-state index in [0.29, 0.717) is 11.5 Å². The van der Waals surface area contributed by atoms with Crippen LogP contribution in [-0.4, -0.2) is 42.6 Å². The van der Waals surface area contributed by atoms with Crippen molar-refractivity contribution < 1.29 is 22.6 Å². The third-order valence-corrected chi connectivity index (χ3v) is 5.98. The van der Waals surface area contributed by atoms with Gasteiger partial charge in [0.2, 0.25) is 11.6 Å². The lowest BCUT2D eigenvalue weighted by atomic mass is 10.2. The van der Waals surface area contributed by atoms with Gasteiger partial charge in [0.05, 0.1) is 14.2 Å². The Labute approximate surface area is 203 Å². The van der Waals surface area contributed by atoms with Gasteiger partial charge >= 0.3 is 0 Å². The Kier molecular flexibility index (Phi) is 7.32. The van der Waals surface area contributed by atoms with Crippen molar-refractivity contribution in [1.29, 1.82) is 0 Å². The molecule has 0 spiro atoms. The molecule has 0 unspecified atom stereocenters. The molecule has 4 rings (SSSR count). The van der Waals surface area contributed by atoms with Crippen molar-refractivity contribution in [3.05, 3.63) is 89.7 Å². The van der Waals surface area contributed by atoms with Crippen molar-refractivity contribution >= 4 is 15.9 Å². The third kappa shape index (κ3) is 5.98. The first kappa shape index (κ1) is 23.8. The fraction of sp³-hybridized carbons (Fsp3) is 0.120. The first-order valence-electron chi connectivity index (χ1n) is 10.5. The van der Waals surface area contributed by atoms with Gasteiger partial charge < -0.3 is 14.2 Å². The zero-order chi connectivity index (χ0) is 24.7. The van der Waals surface area contributed by atoms with Crippen LogP contribution in [0.3, 0.4) is 0 Å². The van der Waals surface area contributed by atoms with E-state index in [0.717, 1.165) is 11.0 Å². The Bertz CT molecular complexity index is 1430. The molecule has 2 aromatic carbocycles. The number of ether oxygens (including phenoxy) is 3. The Morgan fingerprint density at radius 2 is 1.49 bits per heavy atom. The lowest BCUT2D eigenvalue weighted by Gasteiger charge is -2.16. The van der Waals surface area contributed by atoms with Gasteiger partial charge in [-0.05, 0) is 29.8 Å². The number of aromatic nitrogens is 4. The van der Waals surface area contributed by atoms with Gasteiger partial charge in [-0.2, -0.15) is 4.98 Å². The van der Waals surface area contributed by atoms with E-state index >= 15 is 0 Å². The quantitative estimate of drug-likeness (QED) is 0.338. The largest absolute Gasteiger partial charge is 0.493 e. The highest BCUT2D eigenvalue weighted by Gasteiger charge is 2.24. The lowest BCUT2D eigenvalue weighted by Crippen LogP contribution is -2.09. The molecule has 4 aromatic rings. The number of hydrogen-bond donors (Lipinski definition) is 0. The molecule has 0 aliphatic rings. The van der Waals surface area contributed by atoms with Gasteiger partial charge in [-0.3, -0.25) is 0 Å². The van der Waals surface area contributed by atoms with Crippen LogP contribution in [0.2, 0.25) is 0 Å². The lowest BCUT2D eigenvalue weighted by molar-refractivity contribution is 0.344. The standard InChI is InChI=1S/C25H22N4O5S/c1-32-20-11-6-7-12-21(20)34-22-19(17-35(30,31)16-13-18-9-4-3-5-10-18)28-24(29-25(22)33-2)23-26-14-8-15-27-23/h3-16H,17H2,1-2H3/b16-13+. The highest BCUT2D eigenvalue weighted by molar-refractivity contribution is 7.93. The average molecular weight is 491 g/mol. The molecular weight excluding hydrogens is 468 g/mol. The second kappa shape index (κ2) is 10.7. The molecule has 0 bridgehead atoms. The normalized spacial score (nSPS) is 11.4. The van der Waals surface area contributed by atoms with Crippen molar-refractivity contribution in [3.63, 3.8) is 0 Å². The van der Waals surface area contributed by atoms with Gasteiger partial charge in [0.1, 0.15) is 11.4 Å². The van der Waals surface area contributed by atoms with Crippen LogP contribution < -0.4 is 14.2 Å². The van der Waals surface area contributed by atoms with E-state index < -0.39 is 15.6 Å². The van der Waals surface area contributed by atoms with E-state index in [2.05, 4.69) is 19.9 Å². The summed E-state index contributed by atoms with van der Waals surface area (Å²) in [5.41, 5.74) is 0.836. The SMILES string of the molecule is COc1ccccc1Oc1c(CS(=O)(=O)/C=C/c2ccccc2)nc(-c2ncccn2)nc1OC. The molecule has 0 aliphatic carbocycles. The molecular formula is C25H22N4O5S. The number of para-hydroxylation sites is 2. The van der Waals surface area contributed by atoms with Crippen LogP contribution in [0.5, 0.6) is 23.1 Å². The number of nitrogens with zero attached hydrogens (tertiary/aromatic N) is 4. The zero-order valence-corrected chi connectivity index (χ0v) is 19.8. The number of sulfone groups is 1. The van der Waals surface area contributed by atoms with Crippen molar-refractivity contribution in [2.24, 2.45) is 0 Å². The summed E-state index contributed by atoms with van der Waals surface area (Å²) in [6.45, 7) is 0. The van der Waals surface area contributed by atoms with Gasteiger partial charge in [0, 0.05) is 17.8 Å². The summed E-state index contributed by atoms with van der Waals surface area (Å²) in [5, 5.41) is 1.14. The molecule has 0 radical (unpaired) electrons. The first-order valence-corrected chi connectivity index (χ1v) is 12.2. The Hall–Kier alpha value is -4.31.